The van der Waals surface area contributed by atoms with E-state index in [1.807, 2.05) is 6.07 Å². The molecule has 21 heavy (non-hydrogen) atoms. The first-order valence-electron chi connectivity index (χ1n) is 6.60. The van der Waals surface area contributed by atoms with Crippen LogP contribution in [0.25, 0.3) is 10.9 Å². The van der Waals surface area contributed by atoms with Gasteiger partial charge in [0, 0.05) is 18.4 Å². The number of hydrogen-bond acceptors (Lipinski definition) is 5. The zero-order chi connectivity index (χ0) is 14.8. The molecular formula is C14H13N3O4. The number of aromatic nitrogens is 2. The largest absolute Gasteiger partial charge is 0.451 e. The predicted molar refractivity (Wildman–Crippen MR) is 72.3 cm³/mol. The van der Waals surface area contributed by atoms with E-state index in [9.17, 15) is 14.4 Å². The van der Waals surface area contributed by atoms with Gasteiger partial charge in [-0.3, -0.25) is 19.6 Å². The molecule has 0 radical (unpaired) electrons. The van der Waals surface area contributed by atoms with Crippen LogP contribution in [0.3, 0.4) is 0 Å². The second-order valence-corrected chi connectivity index (χ2v) is 4.74. The molecule has 2 amide bonds. The van der Waals surface area contributed by atoms with Gasteiger partial charge in [0.1, 0.15) is 0 Å². The van der Waals surface area contributed by atoms with Crippen LogP contribution in [-0.2, 0) is 14.3 Å². The van der Waals surface area contributed by atoms with E-state index in [1.54, 1.807) is 18.2 Å². The second-order valence-electron chi connectivity index (χ2n) is 4.74. The number of amides is 2. The molecule has 0 aliphatic carbocycles. The summed E-state index contributed by atoms with van der Waals surface area (Å²) in [5, 5.41) is 7.24. The Labute approximate surface area is 119 Å². The van der Waals surface area contributed by atoms with Gasteiger partial charge in [-0.15, -0.1) is 0 Å². The molecular weight excluding hydrogens is 274 g/mol. The number of aromatic amines is 1. The van der Waals surface area contributed by atoms with E-state index in [0.29, 0.717) is 30.3 Å². The lowest BCUT2D eigenvalue weighted by molar-refractivity contribution is -0.143. The normalized spacial score (nSPS) is 14.7. The summed E-state index contributed by atoms with van der Waals surface area (Å²) in [6, 6.07) is 7.12. The summed E-state index contributed by atoms with van der Waals surface area (Å²) in [6.45, 7) is -0.0632. The van der Waals surface area contributed by atoms with Gasteiger partial charge >= 0.3 is 5.97 Å². The summed E-state index contributed by atoms with van der Waals surface area (Å²) < 4.78 is 4.95. The van der Waals surface area contributed by atoms with Gasteiger partial charge in [0.15, 0.2) is 12.3 Å². The molecule has 7 nitrogen and oxygen atoms in total. The number of rotatable bonds is 3. The number of esters is 1. The maximum Gasteiger partial charge on any atom is 0.359 e. The van der Waals surface area contributed by atoms with E-state index in [-0.39, 0.29) is 11.6 Å². The van der Waals surface area contributed by atoms with Crippen LogP contribution < -0.4 is 0 Å². The van der Waals surface area contributed by atoms with E-state index in [4.69, 9.17) is 4.74 Å². The van der Waals surface area contributed by atoms with Crippen molar-refractivity contribution in [1.29, 1.82) is 0 Å². The molecule has 1 aliphatic rings. The number of carbonyl (C=O) groups is 3. The first kappa shape index (κ1) is 13.3. The number of carbonyl (C=O) groups excluding carboxylic acids is 3. The lowest BCUT2D eigenvalue weighted by atomic mass is 10.2. The number of ether oxygens (including phenoxy) is 1. The number of imide groups is 1. The van der Waals surface area contributed by atoms with Crippen LogP contribution in [0.15, 0.2) is 24.3 Å². The molecule has 3 rings (SSSR count). The number of fused-ring (bicyclic) bond motifs is 1. The molecule has 1 saturated heterocycles. The third kappa shape index (κ3) is 2.49. The van der Waals surface area contributed by atoms with Gasteiger partial charge in [-0.2, -0.15) is 5.10 Å². The Bertz CT molecular complexity index is 722. The molecule has 2 heterocycles. The fourth-order valence-electron chi connectivity index (χ4n) is 2.30. The van der Waals surface area contributed by atoms with E-state index in [0.717, 1.165) is 4.90 Å². The van der Waals surface area contributed by atoms with Crippen LogP contribution in [0.5, 0.6) is 0 Å². The van der Waals surface area contributed by atoms with Crippen molar-refractivity contribution in [3.05, 3.63) is 30.0 Å². The summed E-state index contributed by atoms with van der Waals surface area (Å²) in [7, 11) is 0. The summed E-state index contributed by atoms with van der Waals surface area (Å²) in [4.78, 5) is 36.3. The van der Waals surface area contributed by atoms with Crippen LogP contribution in [0.4, 0.5) is 0 Å². The van der Waals surface area contributed by atoms with Crippen LogP contribution in [0.2, 0.25) is 0 Å². The van der Waals surface area contributed by atoms with Crippen molar-refractivity contribution in [2.45, 2.75) is 12.8 Å². The molecule has 0 saturated carbocycles. The molecule has 1 N–H and O–H groups in total. The van der Waals surface area contributed by atoms with Gasteiger partial charge in [-0.25, -0.2) is 4.79 Å². The highest BCUT2D eigenvalue weighted by atomic mass is 16.5. The highest BCUT2D eigenvalue weighted by Crippen LogP contribution is 2.16. The van der Waals surface area contributed by atoms with Gasteiger partial charge in [-0.05, 0) is 12.5 Å². The van der Waals surface area contributed by atoms with Gasteiger partial charge in [0.05, 0.1) is 5.52 Å². The van der Waals surface area contributed by atoms with Crippen molar-refractivity contribution in [3.63, 3.8) is 0 Å². The predicted octanol–water partition coefficient (Wildman–Crippen LogP) is 0.869. The maximum atomic E-state index is 12.0. The zero-order valence-electron chi connectivity index (χ0n) is 11.2. The number of likely N-dealkylation sites (tertiary alicyclic amines) is 1. The second kappa shape index (κ2) is 5.35. The fraction of sp³-hybridized carbons (Fsp3) is 0.286. The van der Waals surface area contributed by atoms with Crippen molar-refractivity contribution < 1.29 is 19.1 Å². The number of H-pyrrole nitrogens is 1. The van der Waals surface area contributed by atoms with Gasteiger partial charge in [0.2, 0.25) is 5.91 Å². The minimum Gasteiger partial charge on any atom is -0.451 e. The van der Waals surface area contributed by atoms with Crippen LogP contribution in [0.1, 0.15) is 23.3 Å². The highest BCUT2D eigenvalue weighted by molar-refractivity contribution is 6.03. The lowest BCUT2D eigenvalue weighted by Gasteiger charge is -2.12. The number of benzene rings is 1. The molecule has 108 valence electrons. The fourth-order valence-corrected chi connectivity index (χ4v) is 2.30. The Balaban J connectivity index is 1.67. The number of nitrogens with one attached hydrogen (secondary N) is 1. The molecule has 0 unspecified atom stereocenters. The van der Waals surface area contributed by atoms with E-state index < -0.39 is 18.5 Å². The van der Waals surface area contributed by atoms with Gasteiger partial charge in [0.25, 0.3) is 5.91 Å². The number of hydrogen-bond donors (Lipinski definition) is 1. The molecule has 1 aliphatic heterocycles. The van der Waals surface area contributed by atoms with Crippen molar-refractivity contribution in [1.82, 2.24) is 15.1 Å². The molecule has 1 fully saturated rings. The Morgan fingerprint density at radius 3 is 2.90 bits per heavy atom. The molecule has 0 atom stereocenters. The monoisotopic (exact) mass is 287 g/mol. The molecule has 0 spiro atoms. The topological polar surface area (TPSA) is 92.4 Å². The number of nitrogens with zero attached hydrogens (tertiary/aromatic N) is 2. The maximum absolute atomic E-state index is 12.0. The first-order valence-corrected chi connectivity index (χ1v) is 6.60. The van der Waals surface area contributed by atoms with E-state index in [2.05, 4.69) is 10.2 Å². The highest BCUT2D eigenvalue weighted by Gasteiger charge is 2.27. The summed E-state index contributed by atoms with van der Waals surface area (Å²) in [5.74, 6) is -1.40. The Morgan fingerprint density at radius 1 is 1.33 bits per heavy atom. The van der Waals surface area contributed by atoms with Crippen LogP contribution in [-0.4, -0.2) is 46.0 Å². The average Bonchev–Trinajstić information content (AvgIpc) is 3.10. The van der Waals surface area contributed by atoms with E-state index in [1.165, 1.54) is 0 Å². The SMILES string of the molecule is O=C(OCC(=O)N1CCCC1=O)c1n[nH]c2ccccc12. The minimum atomic E-state index is -0.688. The Morgan fingerprint density at radius 2 is 2.14 bits per heavy atom. The quantitative estimate of drug-likeness (QED) is 0.845. The smallest absolute Gasteiger partial charge is 0.359 e. The van der Waals surface area contributed by atoms with Crippen molar-refractivity contribution in [3.8, 4) is 0 Å². The van der Waals surface area contributed by atoms with Gasteiger partial charge in [-0.1, -0.05) is 18.2 Å². The summed E-state index contributed by atoms with van der Waals surface area (Å²) >= 11 is 0. The lowest BCUT2D eigenvalue weighted by Crippen LogP contribution is -2.35. The zero-order valence-corrected chi connectivity index (χ0v) is 11.2. The first-order chi connectivity index (χ1) is 10.2. The minimum absolute atomic E-state index is 0.131. The molecule has 1 aromatic heterocycles. The third-order valence-electron chi connectivity index (χ3n) is 3.36. The Hall–Kier alpha value is -2.70. The van der Waals surface area contributed by atoms with Crippen molar-refractivity contribution in [2.24, 2.45) is 0 Å². The molecule has 1 aromatic carbocycles. The summed E-state index contributed by atoms with van der Waals surface area (Å²) in [5.41, 5.74) is 0.844. The van der Waals surface area contributed by atoms with Crippen LogP contribution in [0, 0.1) is 0 Å². The molecule has 0 bridgehead atoms. The van der Waals surface area contributed by atoms with Crippen LogP contribution >= 0.6 is 0 Å². The van der Waals surface area contributed by atoms with E-state index >= 15 is 0 Å². The summed E-state index contributed by atoms with van der Waals surface area (Å²) in [6.07, 6.45) is 1.02. The third-order valence-corrected chi connectivity index (χ3v) is 3.36. The Kier molecular flexibility index (Phi) is 3.39. The van der Waals surface area contributed by atoms with Crippen molar-refractivity contribution >= 4 is 28.7 Å². The molecule has 2 aromatic rings. The number of para-hydroxylation sites is 1. The average molecular weight is 287 g/mol. The standard InChI is InChI=1S/C14H13N3O4/c18-11-6-3-7-17(11)12(19)8-21-14(20)13-9-4-1-2-5-10(9)15-16-13/h1-2,4-5H,3,6-8H2,(H,15,16). The molecule has 7 heteroatoms. The van der Waals surface area contributed by atoms with Crippen molar-refractivity contribution in [2.75, 3.05) is 13.2 Å². The van der Waals surface area contributed by atoms with Gasteiger partial charge < -0.3 is 4.74 Å².